The molecule has 1 saturated heterocycles. The number of hydrogen-bond donors (Lipinski definition) is 1. The fourth-order valence-electron chi connectivity index (χ4n) is 2.43. The Labute approximate surface area is 112 Å². The summed E-state index contributed by atoms with van der Waals surface area (Å²) in [4.78, 5) is 0. The summed E-state index contributed by atoms with van der Waals surface area (Å²) in [5, 5.41) is 12.9. The van der Waals surface area contributed by atoms with E-state index in [9.17, 15) is 4.39 Å². The summed E-state index contributed by atoms with van der Waals surface area (Å²) in [6.07, 6.45) is 1.81. The van der Waals surface area contributed by atoms with Crippen molar-refractivity contribution in [2.24, 2.45) is 5.41 Å². The van der Waals surface area contributed by atoms with Crippen molar-refractivity contribution in [3.8, 4) is 6.07 Å². The van der Waals surface area contributed by atoms with Crippen LogP contribution in [-0.4, -0.2) is 6.04 Å². The number of halogens is 2. The van der Waals surface area contributed by atoms with E-state index >= 15 is 0 Å². The van der Waals surface area contributed by atoms with Gasteiger partial charge < -0.3 is 5.32 Å². The Kier molecular flexibility index (Phi) is 3.61. The Balaban J connectivity index is 2.16. The first kappa shape index (κ1) is 13.3. The molecule has 0 aromatic heterocycles. The van der Waals surface area contributed by atoms with Gasteiger partial charge >= 0.3 is 0 Å². The molecule has 0 amide bonds. The van der Waals surface area contributed by atoms with Gasteiger partial charge in [0, 0.05) is 17.1 Å². The molecule has 1 aromatic rings. The van der Waals surface area contributed by atoms with Crippen molar-refractivity contribution in [3.63, 3.8) is 0 Å². The van der Waals surface area contributed by atoms with Crippen LogP contribution < -0.4 is 5.32 Å². The molecule has 0 bridgehead atoms. The number of benzene rings is 1. The second-order valence-corrected chi connectivity index (χ2v) is 5.82. The van der Waals surface area contributed by atoms with E-state index in [4.69, 9.17) is 16.9 Å². The standard InChI is InChI=1S/C14H16ClFN2/c1-14(2,8-17)13-4-3-12(18-13)9-5-10(15)7-11(16)6-9/h5-7,12-13,18H,3-4H2,1-2H3/t12-,13?/m0/s1. The highest BCUT2D eigenvalue weighted by molar-refractivity contribution is 6.30. The highest BCUT2D eigenvalue weighted by Crippen LogP contribution is 2.35. The van der Waals surface area contributed by atoms with Crippen molar-refractivity contribution in [2.45, 2.75) is 38.8 Å². The molecule has 4 heteroatoms. The number of nitrogens with zero attached hydrogens (tertiary/aromatic N) is 1. The zero-order chi connectivity index (χ0) is 13.3. The monoisotopic (exact) mass is 266 g/mol. The highest BCUT2D eigenvalue weighted by Gasteiger charge is 2.36. The van der Waals surface area contributed by atoms with Crippen LogP contribution in [0.5, 0.6) is 0 Å². The van der Waals surface area contributed by atoms with Crippen molar-refractivity contribution in [2.75, 3.05) is 0 Å². The van der Waals surface area contributed by atoms with Crippen LogP contribution in [0, 0.1) is 22.6 Å². The molecule has 0 aliphatic carbocycles. The van der Waals surface area contributed by atoms with Gasteiger partial charge in [0.1, 0.15) is 5.82 Å². The van der Waals surface area contributed by atoms with Crippen LogP contribution in [0.1, 0.15) is 38.3 Å². The maximum atomic E-state index is 13.3. The fraction of sp³-hybridized carbons (Fsp3) is 0.500. The summed E-state index contributed by atoms with van der Waals surface area (Å²) >= 11 is 5.86. The third-order valence-corrected chi connectivity index (χ3v) is 3.81. The van der Waals surface area contributed by atoms with Gasteiger partial charge in [-0.05, 0) is 50.5 Å². The number of nitriles is 1. The van der Waals surface area contributed by atoms with E-state index in [0.29, 0.717) is 5.02 Å². The van der Waals surface area contributed by atoms with E-state index in [1.54, 1.807) is 6.07 Å². The molecular weight excluding hydrogens is 251 g/mol. The molecule has 1 aliphatic heterocycles. The topological polar surface area (TPSA) is 35.8 Å². The molecule has 18 heavy (non-hydrogen) atoms. The Morgan fingerprint density at radius 1 is 1.39 bits per heavy atom. The quantitative estimate of drug-likeness (QED) is 0.883. The molecule has 0 radical (unpaired) electrons. The molecule has 1 unspecified atom stereocenters. The second kappa shape index (κ2) is 4.87. The molecule has 2 rings (SSSR count). The summed E-state index contributed by atoms with van der Waals surface area (Å²) in [7, 11) is 0. The van der Waals surface area contributed by atoms with Crippen molar-refractivity contribution in [1.29, 1.82) is 5.26 Å². The predicted octanol–water partition coefficient (Wildman–Crippen LogP) is 3.82. The number of rotatable bonds is 2. The molecule has 96 valence electrons. The lowest BCUT2D eigenvalue weighted by molar-refractivity contribution is 0.341. The van der Waals surface area contributed by atoms with E-state index in [1.807, 2.05) is 13.8 Å². The Morgan fingerprint density at radius 2 is 2.11 bits per heavy atom. The SMILES string of the molecule is CC(C)(C#N)C1CC[C@@H](c2cc(F)cc(Cl)c2)N1. The van der Waals surface area contributed by atoms with Crippen molar-refractivity contribution >= 4 is 11.6 Å². The molecule has 1 aliphatic rings. The molecule has 0 spiro atoms. The summed E-state index contributed by atoms with van der Waals surface area (Å²) in [5.41, 5.74) is 0.447. The van der Waals surface area contributed by atoms with Crippen LogP contribution in [0.4, 0.5) is 4.39 Å². The Bertz CT molecular complexity index is 473. The lowest BCUT2D eigenvalue weighted by atomic mass is 9.85. The van der Waals surface area contributed by atoms with E-state index in [-0.39, 0.29) is 17.9 Å². The number of nitrogens with one attached hydrogen (secondary N) is 1. The van der Waals surface area contributed by atoms with Crippen LogP contribution in [0.3, 0.4) is 0 Å². The lowest BCUT2D eigenvalue weighted by Crippen LogP contribution is -2.37. The third-order valence-electron chi connectivity index (χ3n) is 3.59. The molecule has 0 saturated carbocycles. The summed E-state index contributed by atoms with van der Waals surface area (Å²) in [6.45, 7) is 3.84. The highest BCUT2D eigenvalue weighted by atomic mass is 35.5. The lowest BCUT2D eigenvalue weighted by Gasteiger charge is -2.25. The Hall–Kier alpha value is -1.11. The van der Waals surface area contributed by atoms with Crippen molar-refractivity contribution in [1.82, 2.24) is 5.32 Å². The normalized spacial score (nSPS) is 23.9. The van der Waals surface area contributed by atoms with E-state index < -0.39 is 5.41 Å². The van der Waals surface area contributed by atoms with Gasteiger partial charge in [0.05, 0.1) is 11.5 Å². The Morgan fingerprint density at radius 3 is 2.72 bits per heavy atom. The fourth-order valence-corrected chi connectivity index (χ4v) is 2.66. The predicted molar refractivity (Wildman–Crippen MR) is 69.7 cm³/mol. The molecule has 2 nitrogen and oxygen atoms in total. The van der Waals surface area contributed by atoms with Crippen LogP contribution in [-0.2, 0) is 0 Å². The summed E-state index contributed by atoms with van der Waals surface area (Å²) < 4.78 is 13.3. The van der Waals surface area contributed by atoms with Crippen LogP contribution in [0.2, 0.25) is 5.02 Å². The third kappa shape index (κ3) is 2.66. The molecule has 1 fully saturated rings. The zero-order valence-corrected chi connectivity index (χ0v) is 11.3. The van der Waals surface area contributed by atoms with Gasteiger partial charge in [0.15, 0.2) is 0 Å². The minimum Gasteiger partial charge on any atom is -0.306 e. The van der Waals surface area contributed by atoms with E-state index in [1.165, 1.54) is 12.1 Å². The van der Waals surface area contributed by atoms with Crippen molar-refractivity contribution in [3.05, 3.63) is 34.6 Å². The maximum Gasteiger partial charge on any atom is 0.125 e. The van der Waals surface area contributed by atoms with Crippen LogP contribution in [0.15, 0.2) is 18.2 Å². The summed E-state index contributed by atoms with van der Waals surface area (Å²) in [5.74, 6) is -0.317. The van der Waals surface area contributed by atoms with Gasteiger partial charge in [-0.1, -0.05) is 11.6 Å². The average Bonchev–Trinajstić information content (AvgIpc) is 2.77. The van der Waals surface area contributed by atoms with Gasteiger partial charge in [-0.15, -0.1) is 0 Å². The van der Waals surface area contributed by atoms with Crippen molar-refractivity contribution < 1.29 is 4.39 Å². The molecule has 1 heterocycles. The first-order chi connectivity index (χ1) is 8.42. The van der Waals surface area contributed by atoms with Crippen LogP contribution in [0.25, 0.3) is 0 Å². The molecule has 1 aromatic carbocycles. The molecule has 1 N–H and O–H groups in total. The zero-order valence-electron chi connectivity index (χ0n) is 10.5. The van der Waals surface area contributed by atoms with E-state index in [2.05, 4.69) is 11.4 Å². The largest absolute Gasteiger partial charge is 0.306 e. The number of hydrogen-bond acceptors (Lipinski definition) is 2. The molecule has 2 atom stereocenters. The van der Waals surface area contributed by atoms with Gasteiger partial charge in [-0.2, -0.15) is 5.26 Å². The van der Waals surface area contributed by atoms with E-state index in [0.717, 1.165) is 18.4 Å². The van der Waals surface area contributed by atoms with Gasteiger partial charge in [-0.3, -0.25) is 0 Å². The van der Waals surface area contributed by atoms with Gasteiger partial charge in [0.25, 0.3) is 0 Å². The second-order valence-electron chi connectivity index (χ2n) is 5.39. The minimum atomic E-state index is -0.411. The smallest absolute Gasteiger partial charge is 0.125 e. The first-order valence-corrected chi connectivity index (χ1v) is 6.43. The maximum absolute atomic E-state index is 13.3. The minimum absolute atomic E-state index is 0.0795. The summed E-state index contributed by atoms with van der Waals surface area (Å²) in [6, 6.07) is 7.12. The van der Waals surface area contributed by atoms with Gasteiger partial charge in [-0.25, -0.2) is 4.39 Å². The first-order valence-electron chi connectivity index (χ1n) is 6.05. The molecular formula is C14H16ClFN2. The van der Waals surface area contributed by atoms with Crippen LogP contribution >= 0.6 is 11.6 Å². The average molecular weight is 267 g/mol. The van der Waals surface area contributed by atoms with Gasteiger partial charge in [0.2, 0.25) is 0 Å².